The summed E-state index contributed by atoms with van der Waals surface area (Å²) in [7, 11) is 1.78. The summed E-state index contributed by atoms with van der Waals surface area (Å²) < 4.78 is 12.6. The smallest absolute Gasteiger partial charge is 0.222 e. The predicted octanol–water partition coefficient (Wildman–Crippen LogP) is 2.24. The summed E-state index contributed by atoms with van der Waals surface area (Å²) in [5, 5.41) is 0. The third-order valence-electron chi connectivity index (χ3n) is 2.44. The fourth-order valence-electron chi connectivity index (χ4n) is 1.27. The Morgan fingerprint density at radius 2 is 1.93 bits per heavy atom. The van der Waals surface area contributed by atoms with Crippen molar-refractivity contribution in [1.29, 1.82) is 0 Å². The molecular weight excluding hydrogens is 193 g/mol. The first kappa shape index (κ1) is 11.7. The van der Waals surface area contributed by atoms with Crippen molar-refractivity contribution >= 4 is 5.91 Å². The summed E-state index contributed by atoms with van der Waals surface area (Å²) in [6, 6.07) is 6.27. The van der Waals surface area contributed by atoms with Crippen molar-refractivity contribution in [3.63, 3.8) is 0 Å². The molecule has 0 aliphatic heterocycles. The van der Waals surface area contributed by atoms with Crippen molar-refractivity contribution in [3.05, 3.63) is 35.6 Å². The largest absolute Gasteiger partial charge is 0.346 e. The van der Waals surface area contributed by atoms with Gasteiger partial charge in [-0.2, -0.15) is 0 Å². The Bertz CT molecular complexity index is 321. The molecule has 0 aliphatic carbocycles. The van der Waals surface area contributed by atoms with Crippen LogP contribution in [0.1, 0.15) is 18.9 Å². The average Bonchev–Trinajstić information content (AvgIpc) is 2.26. The van der Waals surface area contributed by atoms with Crippen molar-refractivity contribution in [2.75, 3.05) is 13.6 Å². The number of benzene rings is 1. The fraction of sp³-hybridized carbons (Fsp3) is 0.417. The van der Waals surface area contributed by atoms with Gasteiger partial charge >= 0.3 is 0 Å². The number of carbonyl (C=O) groups is 1. The first-order valence-electron chi connectivity index (χ1n) is 5.12. The number of halogens is 1. The van der Waals surface area contributed by atoms with Crippen LogP contribution in [0.15, 0.2) is 24.3 Å². The maximum absolute atomic E-state index is 12.6. The second kappa shape index (κ2) is 5.49. The highest BCUT2D eigenvalue weighted by Gasteiger charge is 2.06. The van der Waals surface area contributed by atoms with Crippen LogP contribution in [0.2, 0.25) is 0 Å². The zero-order valence-corrected chi connectivity index (χ0v) is 9.16. The summed E-state index contributed by atoms with van der Waals surface area (Å²) in [5.41, 5.74) is 0.995. The van der Waals surface area contributed by atoms with Gasteiger partial charge in [-0.1, -0.05) is 12.1 Å². The van der Waals surface area contributed by atoms with Gasteiger partial charge in [-0.3, -0.25) is 4.79 Å². The molecule has 0 saturated heterocycles. The van der Waals surface area contributed by atoms with Crippen molar-refractivity contribution in [2.45, 2.75) is 19.8 Å². The van der Waals surface area contributed by atoms with E-state index in [9.17, 15) is 9.18 Å². The van der Waals surface area contributed by atoms with Crippen LogP contribution in [0, 0.1) is 5.82 Å². The van der Waals surface area contributed by atoms with E-state index >= 15 is 0 Å². The van der Waals surface area contributed by atoms with Gasteiger partial charge in [0.25, 0.3) is 0 Å². The van der Waals surface area contributed by atoms with Gasteiger partial charge in [0.05, 0.1) is 0 Å². The standard InChI is InChI=1S/C12H16FNO/c1-3-14(2)12(15)9-6-10-4-7-11(13)8-5-10/h4-5,7-8H,3,6,9H2,1-2H3. The highest BCUT2D eigenvalue weighted by Crippen LogP contribution is 2.06. The maximum atomic E-state index is 12.6. The van der Waals surface area contributed by atoms with E-state index in [1.54, 1.807) is 24.1 Å². The molecule has 0 radical (unpaired) electrons. The Morgan fingerprint density at radius 3 is 2.47 bits per heavy atom. The molecule has 0 aliphatic rings. The lowest BCUT2D eigenvalue weighted by molar-refractivity contribution is -0.129. The van der Waals surface area contributed by atoms with Gasteiger partial charge in [0, 0.05) is 20.0 Å². The van der Waals surface area contributed by atoms with Gasteiger partial charge in [0.15, 0.2) is 0 Å². The fourth-order valence-corrected chi connectivity index (χ4v) is 1.27. The summed E-state index contributed by atoms with van der Waals surface area (Å²) in [5.74, 6) is -0.113. The molecule has 0 spiro atoms. The van der Waals surface area contributed by atoms with Crippen LogP contribution in [-0.2, 0) is 11.2 Å². The van der Waals surface area contributed by atoms with E-state index < -0.39 is 0 Å². The minimum Gasteiger partial charge on any atom is -0.346 e. The number of hydrogen-bond donors (Lipinski definition) is 0. The third kappa shape index (κ3) is 3.70. The van der Waals surface area contributed by atoms with Gasteiger partial charge in [-0.15, -0.1) is 0 Å². The highest BCUT2D eigenvalue weighted by molar-refractivity contribution is 5.76. The van der Waals surface area contributed by atoms with E-state index in [-0.39, 0.29) is 11.7 Å². The zero-order chi connectivity index (χ0) is 11.3. The van der Waals surface area contributed by atoms with E-state index in [0.29, 0.717) is 12.8 Å². The average molecular weight is 209 g/mol. The molecule has 0 N–H and O–H groups in total. The van der Waals surface area contributed by atoms with Crippen LogP contribution in [0.5, 0.6) is 0 Å². The lowest BCUT2D eigenvalue weighted by Gasteiger charge is -2.13. The van der Waals surface area contributed by atoms with E-state index in [2.05, 4.69) is 0 Å². The van der Waals surface area contributed by atoms with E-state index in [4.69, 9.17) is 0 Å². The van der Waals surface area contributed by atoms with Crippen molar-refractivity contribution < 1.29 is 9.18 Å². The van der Waals surface area contributed by atoms with Crippen molar-refractivity contribution in [1.82, 2.24) is 4.90 Å². The molecule has 82 valence electrons. The summed E-state index contributed by atoms with van der Waals surface area (Å²) in [6.07, 6.45) is 1.15. The van der Waals surface area contributed by atoms with Crippen LogP contribution in [0.3, 0.4) is 0 Å². The Balaban J connectivity index is 2.43. The van der Waals surface area contributed by atoms with Crippen molar-refractivity contribution in [2.24, 2.45) is 0 Å². The van der Waals surface area contributed by atoms with Crippen LogP contribution < -0.4 is 0 Å². The van der Waals surface area contributed by atoms with Gasteiger partial charge in [0.2, 0.25) is 5.91 Å². The Labute approximate surface area is 89.7 Å². The predicted molar refractivity (Wildman–Crippen MR) is 58.0 cm³/mol. The monoisotopic (exact) mass is 209 g/mol. The Kier molecular flexibility index (Phi) is 4.28. The summed E-state index contributed by atoms with van der Waals surface area (Å²) in [4.78, 5) is 13.2. The molecule has 1 rings (SSSR count). The first-order chi connectivity index (χ1) is 7.13. The van der Waals surface area contributed by atoms with Crippen LogP contribution in [0.4, 0.5) is 4.39 Å². The minimum atomic E-state index is -0.240. The molecule has 0 unspecified atom stereocenters. The maximum Gasteiger partial charge on any atom is 0.222 e. The molecule has 1 aromatic rings. The molecule has 15 heavy (non-hydrogen) atoms. The number of hydrogen-bond acceptors (Lipinski definition) is 1. The summed E-state index contributed by atoms with van der Waals surface area (Å²) in [6.45, 7) is 2.66. The molecule has 0 heterocycles. The Hall–Kier alpha value is -1.38. The molecule has 0 bridgehead atoms. The molecule has 0 atom stereocenters. The number of nitrogens with zero attached hydrogens (tertiary/aromatic N) is 1. The van der Waals surface area contributed by atoms with E-state index in [1.165, 1.54) is 12.1 Å². The lowest BCUT2D eigenvalue weighted by Crippen LogP contribution is -2.26. The molecule has 1 aromatic carbocycles. The van der Waals surface area contributed by atoms with E-state index in [0.717, 1.165) is 12.1 Å². The van der Waals surface area contributed by atoms with Crippen molar-refractivity contribution in [3.8, 4) is 0 Å². The number of carbonyl (C=O) groups excluding carboxylic acids is 1. The number of rotatable bonds is 4. The molecule has 0 aromatic heterocycles. The minimum absolute atomic E-state index is 0.127. The molecular formula is C12H16FNO. The molecule has 2 nitrogen and oxygen atoms in total. The first-order valence-corrected chi connectivity index (χ1v) is 5.12. The van der Waals surface area contributed by atoms with Crippen LogP contribution in [-0.4, -0.2) is 24.4 Å². The second-order valence-electron chi connectivity index (χ2n) is 3.53. The van der Waals surface area contributed by atoms with Crippen LogP contribution >= 0.6 is 0 Å². The van der Waals surface area contributed by atoms with Gasteiger partial charge in [-0.25, -0.2) is 4.39 Å². The number of aryl methyl sites for hydroxylation is 1. The molecule has 0 saturated carbocycles. The molecule has 3 heteroatoms. The second-order valence-corrected chi connectivity index (χ2v) is 3.53. The normalized spacial score (nSPS) is 10.1. The SMILES string of the molecule is CCN(C)C(=O)CCc1ccc(F)cc1. The van der Waals surface area contributed by atoms with Crippen LogP contribution in [0.25, 0.3) is 0 Å². The number of amides is 1. The topological polar surface area (TPSA) is 20.3 Å². The quantitative estimate of drug-likeness (QED) is 0.744. The van der Waals surface area contributed by atoms with Gasteiger partial charge < -0.3 is 4.90 Å². The molecule has 1 amide bonds. The van der Waals surface area contributed by atoms with Gasteiger partial charge in [-0.05, 0) is 31.0 Å². The van der Waals surface area contributed by atoms with E-state index in [1.807, 2.05) is 6.92 Å². The zero-order valence-electron chi connectivity index (χ0n) is 9.16. The Morgan fingerprint density at radius 1 is 1.33 bits per heavy atom. The highest BCUT2D eigenvalue weighted by atomic mass is 19.1. The van der Waals surface area contributed by atoms with Gasteiger partial charge in [0.1, 0.15) is 5.82 Å². The third-order valence-corrected chi connectivity index (χ3v) is 2.44. The lowest BCUT2D eigenvalue weighted by atomic mass is 10.1. The summed E-state index contributed by atoms with van der Waals surface area (Å²) >= 11 is 0. The molecule has 0 fully saturated rings.